The summed E-state index contributed by atoms with van der Waals surface area (Å²) in [5, 5.41) is 10.6. The van der Waals surface area contributed by atoms with E-state index in [0.29, 0.717) is 34.1 Å². The second-order valence-electron chi connectivity index (χ2n) is 9.07. The molecule has 10 heteroatoms. The summed E-state index contributed by atoms with van der Waals surface area (Å²) < 4.78 is 15.9. The van der Waals surface area contributed by atoms with Crippen LogP contribution in [0.15, 0.2) is 72.8 Å². The molecule has 4 rings (SSSR count). The predicted octanol–water partition coefficient (Wildman–Crippen LogP) is 5.21. The molecule has 9 nitrogen and oxygen atoms in total. The molecule has 1 saturated heterocycles. The summed E-state index contributed by atoms with van der Waals surface area (Å²) in [6.07, 6.45) is -1.57. The summed E-state index contributed by atoms with van der Waals surface area (Å²) in [6, 6.07) is 20.6. The van der Waals surface area contributed by atoms with Crippen molar-refractivity contribution in [2.75, 3.05) is 27.4 Å². The van der Waals surface area contributed by atoms with Gasteiger partial charge in [-0.3, -0.25) is 4.79 Å². The topological polar surface area (TPSA) is 106 Å². The number of carbonyl (C=O) groups is 3. The van der Waals surface area contributed by atoms with E-state index in [4.69, 9.17) is 25.8 Å². The highest BCUT2D eigenvalue weighted by Crippen LogP contribution is 2.30. The molecule has 0 aliphatic carbocycles. The minimum absolute atomic E-state index is 0.0541. The van der Waals surface area contributed by atoms with Crippen molar-refractivity contribution >= 4 is 29.7 Å². The number of carbonyl (C=O) groups excluding carboxylic acids is 2. The van der Waals surface area contributed by atoms with E-state index in [1.807, 2.05) is 30.3 Å². The Labute approximate surface area is 231 Å². The van der Waals surface area contributed by atoms with Crippen LogP contribution in [0.5, 0.6) is 11.5 Å². The summed E-state index contributed by atoms with van der Waals surface area (Å²) in [7, 11) is 3.00. The smallest absolute Gasteiger partial charge is 0.417 e. The highest BCUT2D eigenvalue weighted by molar-refractivity contribution is 6.30. The van der Waals surface area contributed by atoms with Crippen LogP contribution in [0.4, 0.5) is 9.59 Å². The highest BCUT2D eigenvalue weighted by atomic mass is 35.5. The summed E-state index contributed by atoms with van der Waals surface area (Å²) in [4.78, 5) is 41.4. The largest absolute Gasteiger partial charge is 0.497 e. The van der Waals surface area contributed by atoms with Crippen LogP contribution in [-0.4, -0.2) is 66.4 Å². The summed E-state index contributed by atoms with van der Waals surface area (Å²) in [6.45, 7) is -0.219. The third-order valence-electron chi connectivity index (χ3n) is 6.61. The zero-order valence-corrected chi connectivity index (χ0v) is 22.3. The van der Waals surface area contributed by atoms with Crippen molar-refractivity contribution in [3.05, 3.63) is 94.5 Å². The molecule has 3 aromatic rings. The van der Waals surface area contributed by atoms with E-state index in [9.17, 15) is 19.5 Å². The molecule has 39 heavy (non-hydrogen) atoms. The number of nitrogens with zero attached hydrogens (tertiary/aromatic N) is 2. The first kappa shape index (κ1) is 27.8. The van der Waals surface area contributed by atoms with Gasteiger partial charge in [-0.05, 0) is 41.8 Å². The molecule has 1 aliphatic heterocycles. The molecule has 0 unspecified atom stereocenters. The molecule has 204 valence electrons. The molecule has 0 spiro atoms. The Morgan fingerprint density at radius 1 is 1.08 bits per heavy atom. The first-order valence-electron chi connectivity index (χ1n) is 12.3. The average Bonchev–Trinajstić information content (AvgIpc) is 3.31. The first-order chi connectivity index (χ1) is 18.8. The number of benzene rings is 3. The van der Waals surface area contributed by atoms with E-state index in [0.717, 1.165) is 15.4 Å². The van der Waals surface area contributed by atoms with Gasteiger partial charge in [-0.1, -0.05) is 54.1 Å². The van der Waals surface area contributed by atoms with E-state index in [-0.39, 0.29) is 19.7 Å². The van der Waals surface area contributed by atoms with Crippen molar-refractivity contribution in [1.29, 1.82) is 0 Å². The van der Waals surface area contributed by atoms with Gasteiger partial charge in [0.2, 0.25) is 5.91 Å². The van der Waals surface area contributed by atoms with Crippen LogP contribution in [-0.2, 0) is 22.5 Å². The molecule has 0 bridgehead atoms. The molecule has 1 fully saturated rings. The second kappa shape index (κ2) is 12.5. The van der Waals surface area contributed by atoms with Crippen molar-refractivity contribution in [2.45, 2.75) is 24.9 Å². The van der Waals surface area contributed by atoms with Crippen LogP contribution in [0.25, 0.3) is 0 Å². The van der Waals surface area contributed by atoms with E-state index in [1.165, 1.54) is 14.2 Å². The lowest BCUT2D eigenvalue weighted by Crippen LogP contribution is -2.46. The minimum atomic E-state index is -1.23. The molecule has 2 atom stereocenters. The lowest BCUT2D eigenvalue weighted by molar-refractivity contribution is -0.131. The second-order valence-corrected chi connectivity index (χ2v) is 9.51. The Kier molecular flexibility index (Phi) is 8.93. The number of cyclic esters (lactones) is 1. The van der Waals surface area contributed by atoms with Crippen molar-refractivity contribution in [2.24, 2.45) is 0 Å². The number of carboxylic acid groups (broad SMARTS) is 1. The molecule has 1 N–H and O–H groups in total. The van der Waals surface area contributed by atoms with Crippen LogP contribution in [0, 0.1) is 0 Å². The van der Waals surface area contributed by atoms with Gasteiger partial charge < -0.3 is 24.2 Å². The van der Waals surface area contributed by atoms with Gasteiger partial charge in [0, 0.05) is 23.2 Å². The third-order valence-corrected chi connectivity index (χ3v) is 6.86. The van der Waals surface area contributed by atoms with Gasteiger partial charge in [0.25, 0.3) is 0 Å². The highest BCUT2D eigenvalue weighted by Gasteiger charge is 2.42. The number of imide groups is 1. The van der Waals surface area contributed by atoms with Crippen LogP contribution < -0.4 is 9.47 Å². The lowest BCUT2D eigenvalue weighted by atomic mass is 9.95. The number of methoxy groups -OCH3 is 2. The summed E-state index contributed by atoms with van der Waals surface area (Å²) in [5.74, 6) is -0.537. The summed E-state index contributed by atoms with van der Waals surface area (Å²) >= 11 is 6.08. The molecule has 1 aliphatic rings. The number of rotatable bonds is 10. The Bertz CT molecular complexity index is 1320. The normalized spacial score (nSPS) is 15.4. The number of ether oxygens (including phenoxy) is 3. The van der Waals surface area contributed by atoms with Gasteiger partial charge in [0.05, 0.1) is 32.7 Å². The number of amides is 3. The van der Waals surface area contributed by atoms with Gasteiger partial charge in [0.15, 0.2) is 0 Å². The van der Waals surface area contributed by atoms with Gasteiger partial charge in [-0.2, -0.15) is 0 Å². The van der Waals surface area contributed by atoms with Crippen LogP contribution in [0.2, 0.25) is 5.02 Å². The van der Waals surface area contributed by atoms with E-state index < -0.39 is 30.1 Å². The first-order valence-corrected chi connectivity index (χ1v) is 12.7. The lowest BCUT2D eigenvalue weighted by Gasteiger charge is -2.29. The zero-order chi connectivity index (χ0) is 27.9. The molecule has 0 radical (unpaired) electrons. The fraction of sp³-hybridized carbons (Fsp3) is 0.276. The standard InChI is InChI=1S/C29H29ClN2O7/c1-37-24-13-10-21(26(15-24)38-2)16-31(28(34)35)17-25(20-8-11-22(30)12-9-20)27(33)32-23(18-39-29(32)36)14-19-6-4-3-5-7-19/h3-13,15,23,25H,14,16-18H2,1-2H3,(H,34,35)/t23-,25-/m1/s1. The monoisotopic (exact) mass is 552 g/mol. The van der Waals surface area contributed by atoms with Crippen molar-refractivity contribution in [3.8, 4) is 11.5 Å². The molecule has 1 heterocycles. The maximum atomic E-state index is 14.0. The third kappa shape index (κ3) is 6.61. The Balaban J connectivity index is 1.65. The van der Waals surface area contributed by atoms with Gasteiger partial charge >= 0.3 is 12.2 Å². The maximum absolute atomic E-state index is 14.0. The molecule has 0 aromatic heterocycles. The summed E-state index contributed by atoms with van der Waals surface area (Å²) in [5.41, 5.74) is 2.06. The fourth-order valence-corrected chi connectivity index (χ4v) is 4.70. The van der Waals surface area contributed by atoms with Crippen molar-refractivity contribution in [3.63, 3.8) is 0 Å². The van der Waals surface area contributed by atoms with Gasteiger partial charge in [-0.15, -0.1) is 0 Å². The molecule has 3 aromatic carbocycles. The van der Waals surface area contributed by atoms with Gasteiger partial charge in [-0.25, -0.2) is 14.5 Å². The Morgan fingerprint density at radius 2 is 1.79 bits per heavy atom. The van der Waals surface area contributed by atoms with Crippen LogP contribution in [0.3, 0.4) is 0 Å². The van der Waals surface area contributed by atoms with Crippen molar-refractivity contribution in [1.82, 2.24) is 9.80 Å². The van der Waals surface area contributed by atoms with E-state index in [2.05, 4.69) is 0 Å². The minimum Gasteiger partial charge on any atom is -0.497 e. The maximum Gasteiger partial charge on any atom is 0.417 e. The molecule has 0 saturated carbocycles. The number of hydrogen-bond donors (Lipinski definition) is 1. The molecular weight excluding hydrogens is 524 g/mol. The Hall–Kier alpha value is -4.24. The SMILES string of the molecule is COc1ccc(CN(C[C@@H](C(=O)N2C(=O)OC[C@H]2Cc2ccccc2)c2ccc(Cl)cc2)C(=O)O)c(OC)c1. The van der Waals surface area contributed by atoms with Crippen LogP contribution >= 0.6 is 11.6 Å². The van der Waals surface area contributed by atoms with Crippen LogP contribution in [0.1, 0.15) is 22.6 Å². The number of hydrogen-bond acceptors (Lipinski definition) is 6. The Morgan fingerprint density at radius 3 is 2.44 bits per heavy atom. The quantitative estimate of drug-likeness (QED) is 0.368. The molecule has 3 amide bonds. The fourth-order valence-electron chi connectivity index (χ4n) is 4.57. The average molecular weight is 553 g/mol. The predicted molar refractivity (Wildman–Crippen MR) is 144 cm³/mol. The molecular formula is C29H29ClN2O7. The van der Waals surface area contributed by atoms with Gasteiger partial charge in [0.1, 0.15) is 18.1 Å². The zero-order valence-electron chi connectivity index (χ0n) is 21.6. The van der Waals surface area contributed by atoms with E-state index in [1.54, 1.807) is 42.5 Å². The number of halogens is 1. The van der Waals surface area contributed by atoms with E-state index >= 15 is 0 Å². The van der Waals surface area contributed by atoms with Crippen molar-refractivity contribution < 1.29 is 33.7 Å².